The van der Waals surface area contributed by atoms with Crippen molar-refractivity contribution >= 4 is 11.5 Å². The van der Waals surface area contributed by atoms with Gasteiger partial charge in [0.15, 0.2) is 5.75 Å². The molecule has 35 heavy (non-hydrogen) atoms. The zero-order chi connectivity index (χ0) is 25.2. The van der Waals surface area contributed by atoms with E-state index in [-0.39, 0.29) is 31.2 Å². The molecular weight excluding hydrogens is 447 g/mol. The summed E-state index contributed by atoms with van der Waals surface area (Å²) in [4.78, 5) is 21.4. The van der Waals surface area contributed by atoms with Gasteiger partial charge in [0.1, 0.15) is 5.82 Å². The van der Waals surface area contributed by atoms with Crippen LogP contribution in [-0.2, 0) is 9.68 Å². The summed E-state index contributed by atoms with van der Waals surface area (Å²) in [6.45, 7) is 5.43. The van der Waals surface area contributed by atoms with Gasteiger partial charge in [-0.05, 0) is 84.0 Å². The minimum absolute atomic E-state index is 0.170. The fourth-order valence-electron chi connectivity index (χ4n) is 4.81. The van der Waals surface area contributed by atoms with Gasteiger partial charge in [-0.2, -0.15) is 0 Å². The molecular formula is C29H37FO5. The maximum absolute atomic E-state index is 15.3. The molecule has 0 saturated heterocycles. The highest BCUT2D eigenvalue weighted by molar-refractivity contribution is 5.74. The number of rotatable bonds is 12. The summed E-state index contributed by atoms with van der Waals surface area (Å²) < 4.78 is 15.3. The van der Waals surface area contributed by atoms with Gasteiger partial charge in [0.2, 0.25) is 0 Å². The Bertz CT molecular complexity index is 995. The monoisotopic (exact) mass is 484 g/mol. The van der Waals surface area contributed by atoms with Crippen LogP contribution < -0.4 is 4.89 Å². The minimum Gasteiger partial charge on any atom is -0.396 e. The van der Waals surface area contributed by atoms with E-state index >= 15 is 4.39 Å². The Hall–Kier alpha value is -2.70. The van der Waals surface area contributed by atoms with Crippen LogP contribution in [0, 0.1) is 11.7 Å². The highest BCUT2D eigenvalue weighted by atomic mass is 19.1. The average molecular weight is 485 g/mol. The molecule has 0 atom stereocenters. The molecule has 3 rings (SSSR count). The summed E-state index contributed by atoms with van der Waals surface area (Å²) in [6, 6.07) is 10.3. The Morgan fingerprint density at radius 2 is 1.86 bits per heavy atom. The van der Waals surface area contributed by atoms with Gasteiger partial charge >= 0.3 is 5.97 Å². The van der Waals surface area contributed by atoms with Crippen LogP contribution >= 0.6 is 0 Å². The molecule has 6 heteroatoms. The lowest BCUT2D eigenvalue weighted by Gasteiger charge is -2.29. The number of unbranched alkanes of at least 4 members (excludes halogenated alkanes) is 2. The SMILES string of the molecule is C=C(CO)c1cc(OOC(=O)CCO)cc(-c2ccc(C3CCC(CCCCC)CC3)cc2F)c1. The Kier molecular flexibility index (Phi) is 10.3. The third-order valence-corrected chi connectivity index (χ3v) is 6.89. The molecule has 2 N–H and O–H groups in total. The number of carbonyl (C=O) groups is 1. The highest BCUT2D eigenvalue weighted by Crippen LogP contribution is 2.39. The molecule has 0 bridgehead atoms. The zero-order valence-electron chi connectivity index (χ0n) is 20.6. The van der Waals surface area contributed by atoms with E-state index in [0.717, 1.165) is 24.3 Å². The van der Waals surface area contributed by atoms with E-state index in [9.17, 15) is 9.90 Å². The normalized spacial score (nSPS) is 17.7. The van der Waals surface area contributed by atoms with E-state index in [1.54, 1.807) is 30.3 Å². The molecule has 0 spiro atoms. The van der Waals surface area contributed by atoms with E-state index in [0.29, 0.717) is 28.2 Å². The number of carbonyl (C=O) groups excluding carboxylic acids is 1. The fourth-order valence-corrected chi connectivity index (χ4v) is 4.81. The Balaban J connectivity index is 1.76. The molecule has 0 amide bonds. The number of benzene rings is 2. The highest BCUT2D eigenvalue weighted by Gasteiger charge is 2.23. The Labute approximate surface area is 207 Å². The van der Waals surface area contributed by atoms with Crippen LogP contribution in [0.1, 0.15) is 81.8 Å². The second-order valence-electron chi connectivity index (χ2n) is 9.47. The number of aliphatic hydroxyl groups excluding tert-OH is 2. The summed E-state index contributed by atoms with van der Waals surface area (Å²) in [6.07, 6.45) is 9.57. The predicted octanol–water partition coefficient (Wildman–Crippen LogP) is 6.57. The summed E-state index contributed by atoms with van der Waals surface area (Å²) in [5, 5.41) is 18.4. The molecule has 2 aromatic rings. The standard InChI is InChI=1S/C29H37FO5/c1-3-4-5-6-21-7-9-22(10-8-21)23-11-12-27(28(30)18-23)25-15-24(20(2)19-32)16-26(17-25)34-35-29(33)13-14-31/h11-12,15-18,21-22,31-32H,2-10,13-14,19H2,1H3. The summed E-state index contributed by atoms with van der Waals surface area (Å²) >= 11 is 0. The molecule has 1 fully saturated rings. The van der Waals surface area contributed by atoms with Crippen molar-refractivity contribution in [1.82, 2.24) is 0 Å². The summed E-state index contributed by atoms with van der Waals surface area (Å²) in [5.41, 5.74) is 2.91. The second kappa shape index (κ2) is 13.4. The molecule has 0 radical (unpaired) electrons. The average Bonchev–Trinajstić information content (AvgIpc) is 2.87. The molecule has 0 unspecified atom stereocenters. The van der Waals surface area contributed by atoms with Crippen LogP contribution in [0.25, 0.3) is 16.7 Å². The minimum atomic E-state index is -0.726. The van der Waals surface area contributed by atoms with Gasteiger partial charge in [-0.3, -0.25) is 9.78 Å². The van der Waals surface area contributed by atoms with E-state index in [1.165, 1.54) is 38.5 Å². The molecule has 5 nitrogen and oxygen atoms in total. The van der Waals surface area contributed by atoms with Crippen molar-refractivity contribution < 1.29 is 29.2 Å². The molecule has 190 valence electrons. The largest absolute Gasteiger partial charge is 0.396 e. The van der Waals surface area contributed by atoms with Crippen molar-refractivity contribution in [2.75, 3.05) is 13.2 Å². The van der Waals surface area contributed by atoms with Crippen molar-refractivity contribution in [1.29, 1.82) is 0 Å². The first-order valence-electron chi connectivity index (χ1n) is 12.7. The van der Waals surface area contributed by atoms with Gasteiger partial charge in [0, 0.05) is 5.56 Å². The Morgan fingerprint density at radius 1 is 1.09 bits per heavy atom. The van der Waals surface area contributed by atoms with Crippen LogP contribution in [0.3, 0.4) is 0 Å². The topological polar surface area (TPSA) is 76.0 Å². The third-order valence-electron chi connectivity index (χ3n) is 6.89. The molecule has 1 saturated carbocycles. The van der Waals surface area contributed by atoms with Crippen LogP contribution in [0.2, 0.25) is 0 Å². The number of halogens is 1. The molecule has 0 aromatic heterocycles. The fraction of sp³-hybridized carbons (Fsp3) is 0.483. The molecule has 0 aliphatic heterocycles. The van der Waals surface area contributed by atoms with E-state index in [1.807, 2.05) is 6.07 Å². The van der Waals surface area contributed by atoms with Crippen LogP contribution in [0.15, 0.2) is 43.0 Å². The van der Waals surface area contributed by atoms with Crippen molar-refractivity contribution in [3.8, 4) is 16.9 Å². The molecule has 1 aliphatic rings. The molecule has 1 aliphatic carbocycles. The Morgan fingerprint density at radius 3 is 2.51 bits per heavy atom. The van der Waals surface area contributed by atoms with E-state index in [4.69, 9.17) is 14.9 Å². The predicted molar refractivity (Wildman–Crippen MR) is 135 cm³/mol. The quantitative estimate of drug-likeness (QED) is 0.202. The smallest absolute Gasteiger partial charge is 0.357 e. The van der Waals surface area contributed by atoms with Crippen molar-refractivity contribution in [3.63, 3.8) is 0 Å². The number of aliphatic hydroxyl groups is 2. The lowest BCUT2D eigenvalue weighted by molar-refractivity contribution is -0.214. The first kappa shape index (κ1) is 26.9. The van der Waals surface area contributed by atoms with E-state index < -0.39 is 5.97 Å². The first-order valence-corrected chi connectivity index (χ1v) is 12.7. The van der Waals surface area contributed by atoms with Crippen molar-refractivity contribution in [2.24, 2.45) is 5.92 Å². The first-order chi connectivity index (χ1) is 16.9. The number of hydrogen-bond donors (Lipinski definition) is 2. The zero-order valence-corrected chi connectivity index (χ0v) is 20.6. The number of hydrogen-bond acceptors (Lipinski definition) is 5. The summed E-state index contributed by atoms with van der Waals surface area (Å²) in [7, 11) is 0. The maximum Gasteiger partial charge on any atom is 0.357 e. The van der Waals surface area contributed by atoms with Gasteiger partial charge in [0.05, 0.1) is 19.6 Å². The molecule has 0 heterocycles. The maximum atomic E-state index is 15.3. The lowest BCUT2D eigenvalue weighted by atomic mass is 9.77. The second-order valence-corrected chi connectivity index (χ2v) is 9.47. The van der Waals surface area contributed by atoms with Gasteiger partial charge < -0.3 is 10.2 Å². The molecule has 2 aromatic carbocycles. The van der Waals surface area contributed by atoms with Crippen LogP contribution in [0.5, 0.6) is 5.75 Å². The summed E-state index contributed by atoms with van der Waals surface area (Å²) in [5.74, 6) is 0.294. The van der Waals surface area contributed by atoms with Crippen molar-refractivity contribution in [2.45, 2.75) is 70.6 Å². The van der Waals surface area contributed by atoms with Gasteiger partial charge in [-0.1, -0.05) is 51.3 Å². The lowest BCUT2D eigenvalue weighted by Crippen LogP contribution is -2.13. The van der Waals surface area contributed by atoms with Gasteiger partial charge in [-0.25, -0.2) is 9.18 Å². The van der Waals surface area contributed by atoms with Gasteiger partial charge in [-0.15, -0.1) is 0 Å². The van der Waals surface area contributed by atoms with Crippen LogP contribution in [0.4, 0.5) is 4.39 Å². The van der Waals surface area contributed by atoms with Crippen LogP contribution in [-0.4, -0.2) is 29.4 Å². The van der Waals surface area contributed by atoms with Gasteiger partial charge in [0.25, 0.3) is 0 Å². The third kappa shape index (κ3) is 7.64. The van der Waals surface area contributed by atoms with E-state index in [2.05, 4.69) is 13.5 Å². The van der Waals surface area contributed by atoms with Crippen molar-refractivity contribution in [3.05, 3.63) is 59.9 Å².